The van der Waals surface area contributed by atoms with Crippen LogP contribution in [0.4, 0.5) is 0 Å². The summed E-state index contributed by atoms with van der Waals surface area (Å²) in [6.07, 6.45) is 4.27. The SMILES string of the molecule is CC(C)NCCCN1CCN(CC2CC2)CC1. The van der Waals surface area contributed by atoms with Crippen LogP contribution in [-0.4, -0.2) is 61.7 Å². The quantitative estimate of drug-likeness (QED) is 0.678. The van der Waals surface area contributed by atoms with Gasteiger partial charge in [0.1, 0.15) is 0 Å². The average Bonchev–Trinajstić information content (AvgIpc) is 3.10. The van der Waals surface area contributed by atoms with Gasteiger partial charge >= 0.3 is 0 Å². The number of hydrogen-bond acceptors (Lipinski definition) is 3. The topological polar surface area (TPSA) is 18.5 Å². The van der Waals surface area contributed by atoms with Gasteiger partial charge in [0, 0.05) is 38.8 Å². The van der Waals surface area contributed by atoms with Gasteiger partial charge in [-0.05, 0) is 38.3 Å². The Morgan fingerprint density at radius 1 is 1.06 bits per heavy atom. The highest BCUT2D eigenvalue weighted by atomic mass is 15.3. The normalized spacial score (nSPS) is 23.5. The van der Waals surface area contributed by atoms with Gasteiger partial charge in [0.2, 0.25) is 0 Å². The van der Waals surface area contributed by atoms with Crippen molar-refractivity contribution in [1.29, 1.82) is 0 Å². The van der Waals surface area contributed by atoms with E-state index in [2.05, 4.69) is 29.0 Å². The summed E-state index contributed by atoms with van der Waals surface area (Å²) in [6, 6.07) is 0.630. The van der Waals surface area contributed by atoms with Crippen molar-refractivity contribution >= 4 is 0 Å². The first kappa shape index (κ1) is 13.3. The molecule has 100 valence electrons. The predicted octanol–water partition coefficient (Wildman–Crippen LogP) is 1.40. The van der Waals surface area contributed by atoms with Gasteiger partial charge in [-0.3, -0.25) is 0 Å². The van der Waals surface area contributed by atoms with Gasteiger partial charge in [-0.1, -0.05) is 13.8 Å². The molecule has 2 rings (SSSR count). The molecule has 1 aliphatic heterocycles. The van der Waals surface area contributed by atoms with Gasteiger partial charge in [-0.15, -0.1) is 0 Å². The number of piperazine rings is 1. The Labute approximate surface area is 107 Å². The van der Waals surface area contributed by atoms with E-state index >= 15 is 0 Å². The van der Waals surface area contributed by atoms with E-state index in [1.165, 1.54) is 65.1 Å². The third-order valence-electron chi connectivity index (χ3n) is 3.88. The van der Waals surface area contributed by atoms with Crippen molar-refractivity contribution in [2.24, 2.45) is 5.92 Å². The second kappa shape index (κ2) is 6.72. The van der Waals surface area contributed by atoms with Gasteiger partial charge in [-0.2, -0.15) is 0 Å². The van der Waals surface area contributed by atoms with E-state index in [9.17, 15) is 0 Å². The van der Waals surface area contributed by atoms with Crippen LogP contribution in [-0.2, 0) is 0 Å². The minimum Gasteiger partial charge on any atom is -0.314 e. The Kier molecular flexibility index (Phi) is 5.26. The molecule has 3 heteroatoms. The zero-order valence-electron chi connectivity index (χ0n) is 11.6. The number of nitrogens with one attached hydrogen (secondary N) is 1. The molecule has 0 aromatic carbocycles. The minimum absolute atomic E-state index is 0.630. The summed E-state index contributed by atoms with van der Waals surface area (Å²) in [7, 11) is 0. The van der Waals surface area contributed by atoms with E-state index in [1.54, 1.807) is 0 Å². The molecule has 0 aromatic heterocycles. The first-order chi connectivity index (χ1) is 8.24. The van der Waals surface area contributed by atoms with Crippen LogP contribution in [0.1, 0.15) is 33.1 Å². The third-order valence-corrected chi connectivity index (χ3v) is 3.88. The van der Waals surface area contributed by atoms with Gasteiger partial charge < -0.3 is 15.1 Å². The Balaban J connectivity index is 1.49. The Morgan fingerprint density at radius 2 is 1.71 bits per heavy atom. The molecule has 2 fully saturated rings. The molecule has 0 unspecified atom stereocenters. The van der Waals surface area contributed by atoms with Crippen LogP contribution >= 0.6 is 0 Å². The second-order valence-corrected chi connectivity index (χ2v) is 6.05. The van der Waals surface area contributed by atoms with Crippen LogP contribution in [0.15, 0.2) is 0 Å². The molecule has 0 aromatic rings. The fraction of sp³-hybridized carbons (Fsp3) is 1.00. The number of nitrogens with zero attached hydrogens (tertiary/aromatic N) is 2. The van der Waals surface area contributed by atoms with E-state index in [0.29, 0.717) is 6.04 Å². The minimum atomic E-state index is 0.630. The van der Waals surface area contributed by atoms with Crippen LogP contribution < -0.4 is 5.32 Å². The van der Waals surface area contributed by atoms with Crippen molar-refractivity contribution in [3.8, 4) is 0 Å². The van der Waals surface area contributed by atoms with E-state index in [4.69, 9.17) is 0 Å². The molecule has 0 atom stereocenters. The molecule has 0 spiro atoms. The largest absolute Gasteiger partial charge is 0.314 e. The Bertz CT molecular complexity index is 203. The fourth-order valence-corrected chi connectivity index (χ4v) is 2.55. The molecule has 0 radical (unpaired) electrons. The van der Waals surface area contributed by atoms with Gasteiger partial charge in [-0.25, -0.2) is 0 Å². The summed E-state index contributed by atoms with van der Waals surface area (Å²) in [5, 5.41) is 3.49. The molecule has 1 N–H and O–H groups in total. The lowest BCUT2D eigenvalue weighted by atomic mass is 10.2. The van der Waals surface area contributed by atoms with Crippen LogP contribution in [0, 0.1) is 5.92 Å². The standard InChI is InChI=1S/C14H29N3/c1-13(2)15-6-3-7-16-8-10-17(11-9-16)12-14-4-5-14/h13-15H,3-12H2,1-2H3. The lowest BCUT2D eigenvalue weighted by Crippen LogP contribution is -2.47. The maximum Gasteiger partial charge on any atom is 0.0110 e. The monoisotopic (exact) mass is 239 g/mol. The van der Waals surface area contributed by atoms with E-state index in [0.717, 1.165) is 5.92 Å². The summed E-state index contributed by atoms with van der Waals surface area (Å²) in [6.45, 7) is 13.4. The molecule has 17 heavy (non-hydrogen) atoms. The molecule has 0 bridgehead atoms. The average molecular weight is 239 g/mol. The molecule has 0 amide bonds. The van der Waals surface area contributed by atoms with E-state index < -0.39 is 0 Å². The zero-order valence-corrected chi connectivity index (χ0v) is 11.6. The summed E-state index contributed by atoms with van der Waals surface area (Å²) in [4.78, 5) is 5.30. The highest BCUT2D eigenvalue weighted by molar-refractivity contribution is 4.80. The van der Waals surface area contributed by atoms with Crippen molar-refractivity contribution in [2.75, 3.05) is 45.8 Å². The highest BCUT2D eigenvalue weighted by Gasteiger charge is 2.26. The summed E-state index contributed by atoms with van der Waals surface area (Å²) < 4.78 is 0. The molecule has 2 aliphatic rings. The molecule has 1 saturated heterocycles. The number of rotatable bonds is 7. The zero-order chi connectivity index (χ0) is 12.1. The Hall–Kier alpha value is -0.120. The number of hydrogen-bond donors (Lipinski definition) is 1. The summed E-state index contributed by atoms with van der Waals surface area (Å²) in [5.41, 5.74) is 0. The van der Waals surface area contributed by atoms with Gasteiger partial charge in [0.15, 0.2) is 0 Å². The lowest BCUT2D eigenvalue weighted by molar-refractivity contribution is 0.127. The van der Waals surface area contributed by atoms with Crippen LogP contribution in [0.25, 0.3) is 0 Å². The van der Waals surface area contributed by atoms with E-state index in [1.807, 2.05) is 0 Å². The van der Waals surface area contributed by atoms with Crippen molar-refractivity contribution in [2.45, 2.75) is 39.2 Å². The van der Waals surface area contributed by atoms with Crippen LogP contribution in [0.5, 0.6) is 0 Å². The third kappa shape index (κ3) is 5.36. The molecule has 3 nitrogen and oxygen atoms in total. The van der Waals surface area contributed by atoms with Crippen molar-refractivity contribution < 1.29 is 0 Å². The molecule has 1 saturated carbocycles. The summed E-state index contributed by atoms with van der Waals surface area (Å²) >= 11 is 0. The second-order valence-electron chi connectivity index (χ2n) is 6.05. The molecular formula is C14H29N3. The van der Waals surface area contributed by atoms with Crippen LogP contribution in [0.2, 0.25) is 0 Å². The van der Waals surface area contributed by atoms with Gasteiger partial charge in [0.25, 0.3) is 0 Å². The molecular weight excluding hydrogens is 210 g/mol. The molecule has 1 aliphatic carbocycles. The highest BCUT2D eigenvalue weighted by Crippen LogP contribution is 2.29. The fourth-order valence-electron chi connectivity index (χ4n) is 2.55. The Morgan fingerprint density at radius 3 is 2.29 bits per heavy atom. The van der Waals surface area contributed by atoms with Gasteiger partial charge in [0.05, 0.1) is 0 Å². The smallest absolute Gasteiger partial charge is 0.0110 e. The maximum absolute atomic E-state index is 3.49. The lowest BCUT2D eigenvalue weighted by Gasteiger charge is -2.34. The first-order valence-corrected chi connectivity index (χ1v) is 7.42. The van der Waals surface area contributed by atoms with E-state index in [-0.39, 0.29) is 0 Å². The van der Waals surface area contributed by atoms with Crippen LogP contribution in [0.3, 0.4) is 0 Å². The van der Waals surface area contributed by atoms with Crippen molar-refractivity contribution in [1.82, 2.24) is 15.1 Å². The predicted molar refractivity (Wildman–Crippen MR) is 73.4 cm³/mol. The molecule has 1 heterocycles. The van der Waals surface area contributed by atoms with Crippen molar-refractivity contribution in [3.05, 3.63) is 0 Å². The maximum atomic E-state index is 3.49. The first-order valence-electron chi connectivity index (χ1n) is 7.42. The van der Waals surface area contributed by atoms with Crippen molar-refractivity contribution in [3.63, 3.8) is 0 Å². The summed E-state index contributed by atoms with van der Waals surface area (Å²) in [5.74, 6) is 1.05.